The summed E-state index contributed by atoms with van der Waals surface area (Å²) < 4.78 is 26.4. The van der Waals surface area contributed by atoms with Crippen LogP contribution in [0.25, 0.3) is 0 Å². The Kier molecular flexibility index (Phi) is 7.19. The van der Waals surface area contributed by atoms with E-state index >= 15 is 0 Å². The van der Waals surface area contributed by atoms with Gasteiger partial charge in [-0.15, -0.1) is 0 Å². The lowest BCUT2D eigenvalue weighted by Gasteiger charge is -2.23. The minimum atomic E-state index is -3.19. The molecule has 1 amide bonds. The smallest absolute Gasteiger partial charge is 0.271 e. The quantitative estimate of drug-likeness (QED) is 0.709. The molecule has 8 heteroatoms. The Bertz CT molecular complexity index is 687. The molecular formula is C17H32N4O3S. The van der Waals surface area contributed by atoms with Crippen molar-refractivity contribution in [1.29, 1.82) is 0 Å². The molecule has 0 bridgehead atoms. The van der Waals surface area contributed by atoms with Gasteiger partial charge in [-0.3, -0.25) is 9.48 Å². The molecule has 0 spiro atoms. The molecule has 1 heterocycles. The number of rotatable bonds is 8. The molecule has 1 aromatic heterocycles. The van der Waals surface area contributed by atoms with Crippen molar-refractivity contribution in [3.63, 3.8) is 0 Å². The summed E-state index contributed by atoms with van der Waals surface area (Å²) in [6.45, 7) is 13.3. The molecule has 0 aromatic carbocycles. The number of aromatic nitrogens is 2. The van der Waals surface area contributed by atoms with Gasteiger partial charge in [0.25, 0.3) is 5.91 Å². The number of carbonyl (C=O) groups excluding carboxylic acids is 1. The molecule has 0 radical (unpaired) electrons. The van der Waals surface area contributed by atoms with Crippen LogP contribution in [0.15, 0.2) is 6.07 Å². The highest BCUT2D eigenvalue weighted by atomic mass is 32.2. The molecule has 0 fully saturated rings. The average Bonchev–Trinajstić information content (AvgIpc) is 2.91. The van der Waals surface area contributed by atoms with Crippen molar-refractivity contribution in [2.24, 2.45) is 0 Å². The Morgan fingerprint density at radius 1 is 1.36 bits per heavy atom. The van der Waals surface area contributed by atoms with Crippen LogP contribution >= 0.6 is 0 Å². The summed E-state index contributed by atoms with van der Waals surface area (Å²) in [5.41, 5.74) is 1.22. The highest BCUT2D eigenvalue weighted by molar-refractivity contribution is 7.88. The molecule has 1 aromatic rings. The molecule has 144 valence electrons. The van der Waals surface area contributed by atoms with E-state index in [9.17, 15) is 13.2 Å². The lowest BCUT2D eigenvalue weighted by molar-refractivity contribution is 0.0946. The van der Waals surface area contributed by atoms with Crippen LogP contribution in [0.5, 0.6) is 0 Å². The van der Waals surface area contributed by atoms with Crippen molar-refractivity contribution in [1.82, 2.24) is 19.4 Å². The summed E-state index contributed by atoms with van der Waals surface area (Å²) >= 11 is 0. The van der Waals surface area contributed by atoms with Crippen LogP contribution < -0.4 is 5.32 Å². The molecule has 0 aliphatic carbocycles. The number of nitrogens with one attached hydrogen (secondary N) is 1. The molecule has 25 heavy (non-hydrogen) atoms. The van der Waals surface area contributed by atoms with Gasteiger partial charge in [0, 0.05) is 25.3 Å². The fourth-order valence-electron chi connectivity index (χ4n) is 2.56. The van der Waals surface area contributed by atoms with Crippen LogP contribution in [-0.4, -0.2) is 54.3 Å². The van der Waals surface area contributed by atoms with E-state index < -0.39 is 10.0 Å². The average molecular weight is 373 g/mol. The van der Waals surface area contributed by atoms with Gasteiger partial charge in [-0.2, -0.15) is 5.10 Å². The Balaban J connectivity index is 2.70. The lowest BCUT2D eigenvalue weighted by atomic mass is 10.1. The minimum Gasteiger partial charge on any atom is -0.351 e. The topological polar surface area (TPSA) is 84.3 Å². The number of carbonyl (C=O) groups is 1. The maximum atomic E-state index is 12.4. The molecule has 1 N–H and O–H groups in total. The highest BCUT2D eigenvalue weighted by Crippen LogP contribution is 2.23. The number of amides is 1. The van der Waals surface area contributed by atoms with Crippen molar-refractivity contribution >= 4 is 15.9 Å². The van der Waals surface area contributed by atoms with Gasteiger partial charge >= 0.3 is 0 Å². The minimum absolute atomic E-state index is 0.199. The second-order valence-electron chi connectivity index (χ2n) is 7.56. The van der Waals surface area contributed by atoms with E-state index in [0.29, 0.717) is 31.7 Å². The van der Waals surface area contributed by atoms with Crippen LogP contribution in [0.3, 0.4) is 0 Å². The molecule has 0 atom stereocenters. The Morgan fingerprint density at radius 3 is 2.36 bits per heavy atom. The third-order valence-corrected chi connectivity index (χ3v) is 5.27. The first kappa shape index (κ1) is 21.6. The van der Waals surface area contributed by atoms with E-state index in [1.54, 1.807) is 6.92 Å². The molecule has 0 aliphatic heterocycles. The third kappa shape index (κ3) is 6.11. The fraction of sp³-hybridized carbons (Fsp3) is 0.765. The number of sulfonamides is 1. The van der Waals surface area contributed by atoms with Gasteiger partial charge < -0.3 is 5.32 Å². The zero-order valence-corrected chi connectivity index (χ0v) is 17.3. The van der Waals surface area contributed by atoms with Crippen LogP contribution in [0.1, 0.15) is 70.1 Å². The summed E-state index contributed by atoms with van der Waals surface area (Å²) in [4.78, 5) is 12.4. The zero-order chi connectivity index (χ0) is 19.4. The van der Waals surface area contributed by atoms with E-state index in [4.69, 9.17) is 0 Å². The van der Waals surface area contributed by atoms with Crippen molar-refractivity contribution in [3.8, 4) is 0 Å². The largest absolute Gasteiger partial charge is 0.351 e. The molecule has 1 rings (SSSR count). The Labute approximate surface area is 151 Å². The van der Waals surface area contributed by atoms with Crippen LogP contribution in [0.4, 0.5) is 0 Å². The van der Waals surface area contributed by atoms with Crippen molar-refractivity contribution in [2.45, 2.75) is 59.4 Å². The van der Waals surface area contributed by atoms with Gasteiger partial charge in [0.1, 0.15) is 5.69 Å². The molecule has 0 saturated heterocycles. The molecular weight excluding hydrogens is 340 g/mol. The van der Waals surface area contributed by atoms with Gasteiger partial charge in [0.15, 0.2) is 0 Å². The first-order valence-electron chi connectivity index (χ1n) is 8.71. The van der Waals surface area contributed by atoms with Crippen molar-refractivity contribution < 1.29 is 13.2 Å². The first-order valence-corrected chi connectivity index (χ1v) is 10.6. The lowest BCUT2D eigenvalue weighted by Crippen LogP contribution is -2.33. The van der Waals surface area contributed by atoms with Crippen LogP contribution in [0, 0.1) is 0 Å². The molecule has 0 saturated carbocycles. The van der Waals surface area contributed by atoms with E-state index in [2.05, 4.69) is 45.0 Å². The first-order chi connectivity index (χ1) is 11.4. The molecule has 0 unspecified atom stereocenters. The second-order valence-corrected chi connectivity index (χ2v) is 9.54. The SMILES string of the molecule is CCN(CCCNC(=O)c1cc(C(C)C)n(C(C)(C)C)n1)S(C)(=O)=O. The van der Waals surface area contributed by atoms with Crippen LogP contribution in [-0.2, 0) is 15.6 Å². The normalized spacial score (nSPS) is 12.8. The van der Waals surface area contributed by atoms with Gasteiger partial charge in [-0.25, -0.2) is 12.7 Å². The molecule has 0 aliphatic rings. The number of hydrogen-bond donors (Lipinski definition) is 1. The monoisotopic (exact) mass is 372 g/mol. The summed E-state index contributed by atoms with van der Waals surface area (Å²) in [6.07, 6.45) is 1.76. The van der Waals surface area contributed by atoms with Gasteiger partial charge in [-0.1, -0.05) is 20.8 Å². The fourth-order valence-corrected chi connectivity index (χ4v) is 3.49. The van der Waals surface area contributed by atoms with Crippen molar-refractivity contribution in [2.75, 3.05) is 25.9 Å². The summed E-state index contributed by atoms with van der Waals surface area (Å²) in [5, 5.41) is 7.29. The van der Waals surface area contributed by atoms with E-state index in [0.717, 1.165) is 5.69 Å². The van der Waals surface area contributed by atoms with E-state index in [-0.39, 0.29) is 17.4 Å². The van der Waals surface area contributed by atoms with Crippen molar-refractivity contribution in [3.05, 3.63) is 17.5 Å². The van der Waals surface area contributed by atoms with E-state index in [1.165, 1.54) is 10.6 Å². The number of nitrogens with zero attached hydrogens (tertiary/aromatic N) is 3. The summed E-state index contributed by atoms with van der Waals surface area (Å²) in [6, 6.07) is 1.83. The molecule has 7 nitrogen and oxygen atoms in total. The maximum Gasteiger partial charge on any atom is 0.271 e. The summed E-state index contributed by atoms with van der Waals surface area (Å²) in [5.74, 6) is 0.0356. The van der Waals surface area contributed by atoms with E-state index in [1.807, 2.05) is 10.7 Å². The maximum absolute atomic E-state index is 12.4. The highest BCUT2D eigenvalue weighted by Gasteiger charge is 2.23. The third-order valence-electron chi connectivity index (χ3n) is 3.89. The standard InChI is InChI=1S/C17H32N4O3S/c1-8-20(25(7,23)24)11-9-10-18-16(22)14-12-15(13(2)3)21(19-14)17(4,5)6/h12-13H,8-11H2,1-7H3,(H,18,22). The van der Waals surface area contributed by atoms with Gasteiger partial charge in [0.05, 0.1) is 11.8 Å². The van der Waals surface area contributed by atoms with Crippen LogP contribution in [0.2, 0.25) is 0 Å². The predicted octanol–water partition coefficient (Wildman–Crippen LogP) is 2.16. The Morgan fingerprint density at radius 2 is 1.96 bits per heavy atom. The predicted molar refractivity (Wildman–Crippen MR) is 100 cm³/mol. The summed E-state index contributed by atoms with van der Waals surface area (Å²) in [7, 11) is -3.19. The van der Waals surface area contributed by atoms with Gasteiger partial charge in [-0.05, 0) is 39.2 Å². The Hall–Kier alpha value is -1.41. The second kappa shape index (κ2) is 8.31. The van der Waals surface area contributed by atoms with Gasteiger partial charge in [0.2, 0.25) is 10.0 Å². The zero-order valence-electron chi connectivity index (χ0n) is 16.5. The number of hydrogen-bond acceptors (Lipinski definition) is 4.